The van der Waals surface area contributed by atoms with Crippen LogP contribution in [0.25, 0.3) is 0 Å². The zero-order valence-corrected chi connectivity index (χ0v) is 14.0. The zero-order chi connectivity index (χ0) is 16.9. The van der Waals surface area contributed by atoms with Crippen LogP contribution in [0, 0.1) is 15.5 Å². The van der Waals surface area contributed by atoms with Crippen LogP contribution >= 0.6 is 15.9 Å². The Hall–Kier alpha value is -1.96. The van der Waals surface area contributed by atoms with Crippen molar-refractivity contribution in [2.45, 2.75) is 25.8 Å². The Morgan fingerprint density at radius 1 is 1.32 bits per heavy atom. The molecule has 0 spiro atoms. The maximum atomic E-state index is 12.3. The molecule has 0 fully saturated rings. The minimum atomic E-state index is -1.37. The molecule has 1 aromatic carbocycles. The molecule has 0 N–H and O–H groups in total. The topological polar surface area (TPSA) is 95.7 Å². The Balaban J connectivity index is 2.79. The summed E-state index contributed by atoms with van der Waals surface area (Å²) in [6.45, 7) is 4.71. The van der Waals surface area contributed by atoms with Crippen molar-refractivity contribution in [3.63, 3.8) is 0 Å². The van der Waals surface area contributed by atoms with Crippen molar-refractivity contribution < 1.29 is 24.0 Å². The van der Waals surface area contributed by atoms with Crippen LogP contribution in [0.3, 0.4) is 0 Å². The number of nitro groups is 1. The van der Waals surface area contributed by atoms with Crippen LogP contribution in [-0.4, -0.2) is 28.3 Å². The Morgan fingerprint density at radius 3 is 2.32 bits per heavy atom. The normalized spacial score (nSPS) is 12.4. The van der Waals surface area contributed by atoms with E-state index in [-0.39, 0.29) is 18.0 Å². The summed E-state index contributed by atoms with van der Waals surface area (Å²) in [5.74, 6) is -0.887. The molecule has 0 aromatic heterocycles. The molecule has 0 saturated carbocycles. The number of benzene rings is 1. The molecular weight excluding hydrogens is 358 g/mol. The van der Waals surface area contributed by atoms with Gasteiger partial charge in [-0.05, 0) is 48.8 Å². The average Bonchev–Trinajstić information content (AvgIpc) is 2.47. The molecule has 1 atom stereocenters. The van der Waals surface area contributed by atoms with E-state index < -0.39 is 27.1 Å². The summed E-state index contributed by atoms with van der Waals surface area (Å²) in [6, 6.07) is 5.26. The number of carbonyl (C=O) groups excluding carboxylic acids is 2. The second-order valence-corrected chi connectivity index (χ2v) is 5.73. The van der Waals surface area contributed by atoms with Crippen molar-refractivity contribution in [2.24, 2.45) is 5.41 Å². The van der Waals surface area contributed by atoms with Gasteiger partial charge in [0.15, 0.2) is 0 Å². The summed E-state index contributed by atoms with van der Waals surface area (Å²) in [7, 11) is 0. The summed E-state index contributed by atoms with van der Waals surface area (Å²) in [5.41, 5.74) is -1.46. The smallest absolute Gasteiger partial charge is 0.319 e. The minimum absolute atomic E-state index is 0.0864. The number of non-ortho nitro benzene ring substituents is 1. The van der Waals surface area contributed by atoms with E-state index in [0.29, 0.717) is 0 Å². The third kappa shape index (κ3) is 4.27. The molecule has 1 rings (SSSR count). The first-order chi connectivity index (χ1) is 10.2. The summed E-state index contributed by atoms with van der Waals surface area (Å²) in [6.07, 6.45) is 0. The Kier molecular flexibility index (Phi) is 6.04. The maximum absolute atomic E-state index is 12.3. The first kappa shape index (κ1) is 18.1. The van der Waals surface area contributed by atoms with Crippen molar-refractivity contribution in [3.8, 4) is 5.75 Å². The summed E-state index contributed by atoms with van der Waals surface area (Å²) >= 11 is 3.07. The molecule has 0 heterocycles. The van der Waals surface area contributed by atoms with E-state index >= 15 is 0 Å². The van der Waals surface area contributed by atoms with Crippen molar-refractivity contribution >= 4 is 33.4 Å². The molecular formula is C14H16BrNO6. The number of hydrogen-bond acceptors (Lipinski definition) is 6. The van der Waals surface area contributed by atoms with Gasteiger partial charge in [0.2, 0.25) is 10.8 Å². The summed E-state index contributed by atoms with van der Waals surface area (Å²) in [5, 5.41) is 9.49. The van der Waals surface area contributed by atoms with Gasteiger partial charge in [0.05, 0.1) is 11.5 Å². The molecule has 8 heteroatoms. The third-order valence-corrected chi connectivity index (χ3v) is 3.50. The lowest BCUT2D eigenvalue weighted by molar-refractivity contribution is -0.384. The second kappa shape index (κ2) is 7.35. The van der Waals surface area contributed by atoms with Crippen LogP contribution < -0.4 is 4.74 Å². The number of ether oxygens (including phenoxy) is 2. The van der Waals surface area contributed by atoms with Crippen LogP contribution in [-0.2, 0) is 14.3 Å². The number of carbonyl (C=O) groups is 2. The standard InChI is InChI=1S/C14H16BrNO6/c1-4-21-13(18)14(2,3)11(17)12(15)22-10-7-5-9(6-8-10)16(19)20/h5-8,12H,4H2,1-3H3. The van der Waals surface area contributed by atoms with E-state index in [0.717, 1.165) is 0 Å². The van der Waals surface area contributed by atoms with Gasteiger partial charge in [0, 0.05) is 12.1 Å². The van der Waals surface area contributed by atoms with E-state index in [2.05, 4.69) is 15.9 Å². The van der Waals surface area contributed by atoms with E-state index in [1.54, 1.807) is 6.92 Å². The minimum Gasteiger partial charge on any atom is -0.471 e. The first-order valence-corrected chi connectivity index (χ1v) is 7.38. The predicted octanol–water partition coefficient (Wildman–Crippen LogP) is 2.85. The lowest BCUT2D eigenvalue weighted by Crippen LogP contribution is -2.41. The van der Waals surface area contributed by atoms with Crippen LogP contribution in [0.5, 0.6) is 5.75 Å². The SMILES string of the molecule is CCOC(=O)C(C)(C)C(=O)C(Br)Oc1ccc([N+](=O)[O-])cc1. The Morgan fingerprint density at radius 2 is 1.86 bits per heavy atom. The molecule has 1 unspecified atom stereocenters. The highest BCUT2D eigenvalue weighted by Crippen LogP contribution is 2.26. The highest BCUT2D eigenvalue weighted by atomic mass is 79.9. The number of halogens is 1. The van der Waals surface area contributed by atoms with Crippen LogP contribution in [0.15, 0.2) is 24.3 Å². The molecule has 0 amide bonds. The molecule has 0 saturated heterocycles. The van der Waals surface area contributed by atoms with Crippen molar-refractivity contribution in [2.75, 3.05) is 6.61 Å². The van der Waals surface area contributed by atoms with Gasteiger partial charge >= 0.3 is 5.97 Å². The maximum Gasteiger partial charge on any atom is 0.319 e. The van der Waals surface area contributed by atoms with Crippen molar-refractivity contribution in [1.82, 2.24) is 0 Å². The highest BCUT2D eigenvalue weighted by Gasteiger charge is 2.41. The molecule has 0 radical (unpaired) electrons. The van der Waals surface area contributed by atoms with Gasteiger partial charge in [-0.15, -0.1) is 0 Å². The van der Waals surface area contributed by atoms with Crippen LogP contribution in [0.1, 0.15) is 20.8 Å². The fourth-order valence-electron chi connectivity index (χ4n) is 1.52. The zero-order valence-electron chi connectivity index (χ0n) is 12.4. The predicted molar refractivity (Wildman–Crippen MR) is 81.9 cm³/mol. The molecule has 120 valence electrons. The molecule has 0 aliphatic heterocycles. The Labute approximate surface area is 135 Å². The van der Waals surface area contributed by atoms with Gasteiger partial charge in [-0.25, -0.2) is 0 Å². The number of Topliss-reactive ketones (excluding diaryl/α,β-unsaturated/α-hetero) is 1. The lowest BCUT2D eigenvalue weighted by Gasteiger charge is -2.23. The number of nitrogens with zero attached hydrogens (tertiary/aromatic N) is 1. The first-order valence-electron chi connectivity index (χ1n) is 6.46. The van der Waals surface area contributed by atoms with Gasteiger partial charge in [0.25, 0.3) is 5.69 Å². The van der Waals surface area contributed by atoms with Crippen molar-refractivity contribution in [3.05, 3.63) is 34.4 Å². The molecule has 0 aliphatic rings. The molecule has 0 aliphatic carbocycles. The highest BCUT2D eigenvalue weighted by molar-refractivity contribution is 9.09. The van der Waals surface area contributed by atoms with Gasteiger partial charge in [0.1, 0.15) is 11.2 Å². The van der Waals surface area contributed by atoms with E-state index in [9.17, 15) is 19.7 Å². The molecule has 22 heavy (non-hydrogen) atoms. The summed E-state index contributed by atoms with van der Waals surface area (Å²) < 4.78 is 10.2. The fraction of sp³-hybridized carbons (Fsp3) is 0.429. The number of nitro benzene ring substituents is 1. The number of hydrogen-bond donors (Lipinski definition) is 0. The monoisotopic (exact) mass is 373 g/mol. The Bertz CT molecular complexity index is 569. The molecule has 1 aromatic rings. The van der Waals surface area contributed by atoms with Gasteiger partial charge < -0.3 is 9.47 Å². The number of esters is 1. The van der Waals surface area contributed by atoms with E-state index in [1.165, 1.54) is 38.1 Å². The number of ketones is 1. The van der Waals surface area contributed by atoms with E-state index in [1.807, 2.05) is 0 Å². The summed E-state index contributed by atoms with van der Waals surface area (Å²) in [4.78, 5) is 34.1. The quantitative estimate of drug-likeness (QED) is 0.239. The third-order valence-electron chi connectivity index (χ3n) is 2.89. The average molecular weight is 374 g/mol. The molecule has 7 nitrogen and oxygen atoms in total. The number of alkyl halides is 1. The largest absolute Gasteiger partial charge is 0.471 e. The van der Waals surface area contributed by atoms with Gasteiger partial charge in [-0.2, -0.15) is 0 Å². The number of rotatable bonds is 7. The van der Waals surface area contributed by atoms with Crippen molar-refractivity contribution in [1.29, 1.82) is 0 Å². The lowest BCUT2D eigenvalue weighted by atomic mass is 9.88. The van der Waals surface area contributed by atoms with Gasteiger partial charge in [-0.3, -0.25) is 19.7 Å². The second-order valence-electron chi connectivity index (χ2n) is 4.89. The van der Waals surface area contributed by atoms with Crippen LogP contribution in [0.2, 0.25) is 0 Å². The van der Waals surface area contributed by atoms with Crippen LogP contribution in [0.4, 0.5) is 5.69 Å². The molecule has 0 bridgehead atoms. The van der Waals surface area contributed by atoms with E-state index in [4.69, 9.17) is 9.47 Å². The fourth-order valence-corrected chi connectivity index (χ4v) is 2.30. The van der Waals surface area contributed by atoms with Gasteiger partial charge in [-0.1, -0.05) is 0 Å².